The van der Waals surface area contributed by atoms with Gasteiger partial charge in [-0.15, -0.1) is 0 Å². The number of aliphatic hydroxyl groups excluding tert-OH is 1. The van der Waals surface area contributed by atoms with E-state index in [9.17, 15) is 8.42 Å². The molecule has 0 aliphatic heterocycles. The number of rotatable bonds is 5. The van der Waals surface area contributed by atoms with E-state index in [4.69, 9.17) is 10.8 Å². The highest BCUT2D eigenvalue weighted by atomic mass is 32.2. The smallest absolute Gasteiger partial charge is 0.244 e. The van der Waals surface area contributed by atoms with Gasteiger partial charge < -0.3 is 10.8 Å². The van der Waals surface area contributed by atoms with Crippen LogP contribution in [0.2, 0.25) is 0 Å². The zero-order valence-electron chi connectivity index (χ0n) is 12.0. The number of nitrogens with zero attached hydrogens (tertiary/aromatic N) is 1. The van der Waals surface area contributed by atoms with Gasteiger partial charge in [0.15, 0.2) is 0 Å². The molecule has 1 saturated carbocycles. The molecule has 0 atom stereocenters. The second-order valence-electron chi connectivity index (χ2n) is 5.08. The third-order valence-electron chi connectivity index (χ3n) is 3.32. The SMILES string of the molecule is Cc1ccc(S(=O)(=O)N(CCO)C2CC2)c(C#CCN)c1. The lowest BCUT2D eigenvalue weighted by molar-refractivity contribution is 0.250. The Kier molecular flexibility index (Phi) is 5.01. The average Bonchev–Trinajstić information content (AvgIpc) is 3.26. The van der Waals surface area contributed by atoms with Crippen LogP contribution >= 0.6 is 0 Å². The van der Waals surface area contributed by atoms with Crippen LogP contribution in [-0.2, 0) is 10.0 Å². The molecule has 6 heteroatoms. The maximum Gasteiger partial charge on any atom is 0.244 e. The second kappa shape index (κ2) is 6.58. The molecule has 0 saturated heterocycles. The molecule has 2 rings (SSSR count). The highest BCUT2D eigenvalue weighted by Crippen LogP contribution is 2.32. The first-order valence-electron chi connectivity index (χ1n) is 6.93. The Morgan fingerprint density at radius 1 is 1.43 bits per heavy atom. The molecule has 0 unspecified atom stereocenters. The minimum atomic E-state index is -3.65. The summed E-state index contributed by atoms with van der Waals surface area (Å²) < 4.78 is 27.0. The second-order valence-corrected chi connectivity index (χ2v) is 6.94. The van der Waals surface area contributed by atoms with E-state index in [0.29, 0.717) is 5.56 Å². The largest absolute Gasteiger partial charge is 0.395 e. The van der Waals surface area contributed by atoms with Crippen LogP contribution < -0.4 is 5.73 Å². The van der Waals surface area contributed by atoms with Gasteiger partial charge in [-0.2, -0.15) is 4.31 Å². The molecule has 0 aromatic heterocycles. The van der Waals surface area contributed by atoms with Crippen molar-refractivity contribution >= 4 is 10.0 Å². The van der Waals surface area contributed by atoms with Gasteiger partial charge in [0.25, 0.3) is 0 Å². The fraction of sp³-hybridized carbons (Fsp3) is 0.467. The van der Waals surface area contributed by atoms with Gasteiger partial charge in [-0.25, -0.2) is 8.42 Å². The van der Waals surface area contributed by atoms with Crippen molar-refractivity contribution < 1.29 is 13.5 Å². The van der Waals surface area contributed by atoms with Gasteiger partial charge >= 0.3 is 0 Å². The standard InChI is InChI=1S/C15H20N2O3S/c1-12-4-7-15(13(11-12)3-2-8-16)21(19,20)17(9-10-18)14-5-6-14/h4,7,11,14,18H,5-6,8-10,16H2,1H3. The van der Waals surface area contributed by atoms with Gasteiger partial charge in [0.2, 0.25) is 10.0 Å². The Labute approximate surface area is 125 Å². The molecule has 1 aromatic rings. The maximum absolute atomic E-state index is 12.8. The van der Waals surface area contributed by atoms with Gasteiger partial charge in [0.1, 0.15) is 0 Å². The minimum absolute atomic E-state index is 0.00114. The minimum Gasteiger partial charge on any atom is -0.395 e. The van der Waals surface area contributed by atoms with Crippen LogP contribution in [-0.4, -0.2) is 43.6 Å². The van der Waals surface area contributed by atoms with E-state index in [-0.39, 0.29) is 30.6 Å². The van der Waals surface area contributed by atoms with Gasteiger partial charge in [0, 0.05) is 18.2 Å². The number of hydrogen-bond donors (Lipinski definition) is 2. The summed E-state index contributed by atoms with van der Waals surface area (Å²) in [5, 5.41) is 9.13. The number of aliphatic hydroxyl groups is 1. The first kappa shape index (κ1) is 16.0. The van der Waals surface area contributed by atoms with E-state index in [1.807, 2.05) is 6.92 Å². The van der Waals surface area contributed by atoms with Crippen LogP contribution in [0.5, 0.6) is 0 Å². The van der Waals surface area contributed by atoms with Crippen molar-refractivity contribution in [1.82, 2.24) is 4.31 Å². The van der Waals surface area contributed by atoms with Crippen molar-refractivity contribution in [2.45, 2.75) is 30.7 Å². The van der Waals surface area contributed by atoms with E-state index >= 15 is 0 Å². The van der Waals surface area contributed by atoms with Crippen molar-refractivity contribution in [2.24, 2.45) is 5.73 Å². The zero-order valence-corrected chi connectivity index (χ0v) is 12.9. The average molecular weight is 308 g/mol. The maximum atomic E-state index is 12.8. The summed E-state index contributed by atoms with van der Waals surface area (Å²) in [6.07, 6.45) is 1.68. The normalized spacial score (nSPS) is 14.9. The summed E-state index contributed by atoms with van der Waals surface area (Å²) in [4.78, 5) is 0.189. The number of nitrogens with two attached hydrogens (primary N) is 1. The van der Waals surface area contributed by atoms with Crippen LogP contribution in [0.1, 0.15) is 24.0 Å². The summed E-state index contributed by atoms with van der Waals surface area (Å²) in [6, 6.07) is 5.08. The fourth-order valence-electron chi connectivity index (χ4n) is 2.20. The van der Waals surface area contributed by atoms with E-state index in [0.717, 1.165) is 18.4 Å². The topological polar surface area (TPSA) is 83.6 Å². The van der Waals surface area contributed by atoms with E-state index < -0.39 is 10.0 Å². The molecule has 0 radical (unpaired) electrons. The monoisotopic (exact) mass is 308 g/mol. The highest BCUT2D eigenvalue weighted by molar-refractivity contribution is 7.89. The quantitative estimate of drug-likeness (QED) is 0.774. The van der Waals surface area contributed by atoms with Gasteiger partial charge in [-0.1, -0.05) is 17.9 Å². The lowest BCUT2D eigenvalue weighted by Crippen LogP contribution is -2.35. The summed E-state index contributed by atoms with van der Waals surface area (Å²) in [5.74, 6) is 5.54. The predicted octanol–water partition coefficient (Wildman–Crippen LogP) is 0.451. The molecule has 21 heavy (non-hydrogen) atoms. The van der Waals surface area contributed by atoms with Crippen molar-refractivity contribution in [3.05, 3.63) is 29.3 Å². The lowest BCUT2D eigenvalue weighted by atomic mass is 10.1. The molecule has 1 fully saturated rings. The molecule has 0 bridgehead atoms. The molecule has 3 N–H and O–H groups in total. The van der Waals surface area contributed by atoms with Crippen LogP contribution in [0.3, 0.4) is 0 Å². The number of sulfonamides is 1. The van der Waals surface area contributed by atoms with Gasteiger partial charge in [-0.3, -0.25) is 0 Å². The molecule has 0 amide bonds. The lowest BCUT2D eigenvalue weighted by Gasteiger charge is -2.21. The van der Waals surface area contributed by atoms with Crippen molar-refractivity contribution in [2.75, 3.05) is 19.7 Å². The Morgan fingerprint density at radius 3 is 2.71 bits per heavy atom. The van der Waals surface area contributed by atoms with Crippen molar-refractivity contribution in [3.63, 3.8) is 0 Å². The molecular formula is C15H20N2O3S. The van der Waals surface area contributed by atoms with Gasteiger partial charge in [-0.05, 0) is 37.5 Å². The zero-order chi connectivity index (χ0) is 15.5. The summed E-state index contributed by atoms with van der Waals surface area (Å²) >= 11 is 0. The third kappa shape index (κ3) is 3.63. The van der Waals surface area contributed by atoms with Crippen LogP contribution in [0.25, 0.3) is 0 Å². The number of aryl methyl sites for hydroxylation is 1. The fourth-order valence-corrected chi connectivity index (χ4v) is 4.00. The van der Waals surface area contributed by atoms with Crippen LogP contribution in [0, 0.1) is 18.8 Å². The third-order valence-corrected chi connectivity index (χ3v) is 5.33. The summed E-state index contributed by atoms with van der Waals surface area (Å²) in [5.41, 5.74) is 6.77. The highest BCUT2D eigenvalue weighted by Gasteiger charge is 2.38. The first-order valence-corrected chi connectivity index (χ1v) is 8.37. The predicted molar refractivity (Wildman–Crippen MR) is 81.1 cm³/mol. The molecule has 1 aliphatic carbocycles. The Hall–Kier alpha value is -1.39. The van der Waals surface area contributed by atoms with Crippen molar-refractivity contribution in [3.8, 4) is 11.8 Å². The summed E-state index contributed by atoms with van der Waals surface area (Å²) in [6.45, 7) is 1.99. The molecule has 1 aliphatic rings. The number of benzene rings is 1. The molecule has 1 aromatic carbocycles. The first-order chi connectivity index (χ1) is 10.0. The van der Waals surface area contributed by atoms with Crippen LogP contribution in [0.15, 0.2) is 23.1 Å². The van der Waals surface area contributed by atoms with E-state index in [1.165, 1.54) is 4.31 Å². The van der Waals surface area contributed by atoms with Crippen molar-refractivity contribution in [1.29, 1.82) is 0 Å². The molecule has 0 heterocycles. The van der Waals surface area contributed by atoms with Gasteiger partial charge in [0.05, 0.1) is 18.0 Å². The van der Waals surface area contributed by atoms with E-state index in [2.05, 4.69) is 11.8 Å². The number of hydrogen-bond acceptors (Lipinski definition) is 4. The Bertz CT molecular complexity index is 670. The molecule has 5 nitrogen and oxygen atoms in total. The Balaban J connectivity index is 2.47. The molecular weight excluding hydrogens is 288 g/mol. The van der Waals surface area contributed by atoms with Crippen LogP contribution in [0.4, 0.5) is 0 Å². The van der Waals surface area contributed by atoms with E-state index in [1.54, 1.807) is 18.2 Å². The molecule has 114 valence electrons. The summed E-state index contributed by atoms with van der Waals surface area (Å²) in [7, 11) is -3.65. The molecule has 0 spiro atoms. The Morgan fingerprint density at radius 2 is 2.14 bits per heavy atom.